The first-order valence-electron chi connectivity index (χ1n) is 10.9. The zero-order chi connectivity index (χ0) is 21.6. The Morgan fingerprint density at radius 2 is 2.06 bits per heavy atom. The van der Waals surface area contributed by atoms with Crippen LogP contribution in [0, 0.1) is 11.3 Å². The minimum atomic E-state index is -0.432. The van der Waals surface area contributed by atoms with Crippen molar-refractivity contribution in [2.24, 2.45) is 0 Å². The average molecular weight is 415 g/mol. The Morgan fingerprint density at radius 1 is 1.29 bits per heavy atom. The zero-order valence-electron chi connectivity index (χ0n) is 17.9. The first-order chi connectivity index (χ1) is 15.0. The zero-order valence-corrected chi connectivity index (χ0v) is 17.9. The van der Waals surface area contributed by atoms with Gasteiger partial charge in [-0.1, -0.05) is 6.07 Å². The standard InChI is InChI=1S/C24H26N6O/c1-16(31)27-22-12-20-18(13-26-22)19(17-6-10-29(2)11-7-17)14-30(20)23-5-3-4-21(28-23)24(15-25)8-9-24/h3-5,12-14,17H,6-11H2,1-2H3,(H,26,27,31). The first-order valence-corrected chi connectivity index (χ1v) is 10.9. The van der Waals surface area contributed by atoms with E-state index in [0.29, 0.717) is 11.7 Å². The van der Waals surface area contributed by atoms with Crippen LogP contribution in [0.25, 0.3) is 16.7 Å². The predicted molar refractivity (Wildman–Crippen MR) is 119 cm³/mol. The SMILES string of the molecule is CC(=O)Nc1cc2c(cn1)c(C1CCN(C)CC1)cn2-c1cccc(C2(C#N)CC2)n1. The van der Waals surface area contributed by atoms with E-state index in [0.717, 1.165) is 61.2 Å². The van der Waals surface area contributed by atoms with E-state index in [1.54, 1.807) is 0 Å². The van der Waals surface area contributed by atoms with Crippen LogP contribution in [0.1, 0.15) is 49.8 Å². The van der Waals surface area contributed by atoms with Crippen molar-refractivity contribution in [1.82, 2.24) is 19.4 Å². The Kier molecular flexibility index (Phi) is 4.75. The molecule has 0 unspecified atom stereocenters. The van der Waals surface area contributed by atoms with Crippen LogP contribution in [0.15, 0.2) is 36.7 Å². The number of pyridine rings is 2. The van der Waals surface area contributed by atoms with Crippen molar-refractivity contribution in [3.8, 4) is 11.9 Å². The molecule has 3 aromatic rings. The van der Waals surface area contributed by atoms with E-state index < -0.39 is 5.41 Å². The molecular formula is C24H26N6O. The van der Waals surface area contributed by atoms with Gasteiger partial charge in [-0.15, -0.1) is 0 Å². The van der Waals surface area contributed by atoms with Crippen molar-refractivity contribution in [1.29, 1.82) is 5.26 Å². The summed E-state index contributed by atoms with van der Waals surface area (Å²) in [5.41, 5.74) is 2.66. The van der Waals surface area contributed by atoms with E-state index >= 15 is 0 Å². The number of nitrogens with zero attached hydrogens (tertiary/aromatic N) is 5. The fourth-order valence-electron chi connectivity index (χ4n) is 4.60. The molecular weight excluding hydrogens is 388 g/mol. The Labute approximate surface area is 181 Å². The maximum atomic E-state index is 11.6. The third-order valence-corrected chi connectivity index (χ3v) is 6.62. The van der Waals surface area contributed by atoms with E-state index in [1.165, 1.54) is 12.5 Å². The van der Waals surface area contributed by atoms with E-state index in [4.69, 9.17) is 4.98 Å². The molecule has 0 bridgehead atoms. The normalized spacial score (nSPS) is 18.6. The summed E-state index contributed by atoms with van der Waals surface area (Å²) in [4.78, 5) is 23.3. The van der Waals surface area contributed by atoms with Crippen molar-refractivity contribution in [2.45, 2.75) is 43.9 Å². The summed E-state index contributed by atoms with van der Waals surface area (Å²) in [7, 11) is 2.17. The van der Waals surface area contributed by atoms with Crippen LogP contribution in [0.2, 0.25) is 0 Å². The highest BCUT2D eigenvalue weighted by Crippen LogP contribution is 2.47. The number of nitrogens with one attached hydrogen (secondary N) is 1. The third kappa shape index (κ3) is 3.57. The molecule has 7 nitrogen and oxygen atoms in total. The molecule has 5 rings (SSSR count). The Morgan fingerprint density at radius 3 is 2.74 bits per heavy atom. The number of piperidine rings is 1. The molecule has 4 heterocycles. The number of nitriles is 1. The quantitative estimate of drug-likeness (QED) is 0.703. The topological polar surface area (TPSA) is 86.8 Å². The van der Waals surface area contributed by atoms with Gasteiger partial charge in [0.1, 0.15) is 11.6 Å². The molecule has 3 aromatic heterocycles. The highest BCUT2D eigenvalue weighted by molar-refractivity contribution is 5.92. The number of carbonyl (C=O) groups is 1. The number of anilines is 1. The predicted octanol–water partition coefficient (Wildman–Crippen LogP) is 3.74. The van der Waals surface area contributed by atoms with E-state index in [1.807, 2.05) is 30.5 Å². The highest BCUT2D eigenvalue weighted by Gasteiger charge is 2.46. The molecule has 0 aromatic carbocycles. The van der Waals surface area contributed by atoms with Crippen molar-refractivity contribution in [3.63, 3.8) is 0 Å². The second kappa shape index (κ2) is 7.47. The lowest BCUT2D eigenvalue weighted by Gasteiger charge is -2.28. The molecule has 31 heavy (non-hydrogen) atoms. The number of carbonyl (C=O) groups excluding carboxylic acids is 1. The van der Waals surface area contributed by atoms with Gasteiger partial charge in [-0.2, -0.15) is 5.26 Å². The van der Waals surface area contributed by atoms with Gasteiger partial charge in [-0.3, -0.25) is 4.79 Å². The second-order valence-electron chi connectivity index (χ2n) is 8.87. The number of rotatable bonds is 4. The first kappa shape index (κ1) is 19.7. The van der Waals surface area contributed by atoms with Crippen LogP contribution in [-0.4, -0.2) is 45.5 Å². The summed E-state index contributed by atoms with van der Waals surface area (Å²) in [5.74, 6) is 1.64. The van der Waals surface area contributed by atoms with Crippen molar-refractivity contribution in [3.05, 3.63) is 47.9 Å². The molecule has 2 aliphatic rings. The van der Waals surface area contributed by atoms with E-state index in [2.05, 4.69) is 39.1 Å². The van der Waals surface area contributed by atoms with Crippen molar-refractivity contribution < 1.29 is 4.79 Å². The third-order valence-electron chi connectivity index (χ3n) is 6.62. The Bertz CT molecular complexity index is 1190. The highest BCUT2D eigenvalue weighted by atomic mass is 16.1. The van der Waals surface area contributed by atoms with Crippen molar-refractivity contribution in [2.75, 3.05) is 25.5 Å². The summed E-state index contributed by atoms with van der Waals surface area (Å²) >= 11 is 0. The van der Waals surface area contributed by atoms with Crippen LogP contribution in [0.4, 0.5) is 5.82 Å². The molecule has 1 N–H and O–H groups in total. The van der Waals surface area contributed by atoms with Crippen LogP contribution < -0.4 is 5.32 Å². The van der Waals surface area contributed by atoms with Gasteiger partial charge in [-0.05, 0) is 69.4 Å². The molecule has 2 fully saturated rings. The lowest BCUT2D eigenvalue weighted by atomic mass is 9.90. The Balaban J connectivity index is 1.63. The molecule has 1 saturated carbocycles. The number of likely N-dealkylation sites (tertiary alicyclic amines) is 1. The number of hydrogen-bond acceptors (Lipinski definition) is 5. The van der Waals surface area contributed by atoms with Crippen LogP contribution in [-0.2, 0) is 10.2 Å². The lowest BCUT2D eigenvalue weighted by Crippen LogP contribution is -2.29. The molecule has 0 spiro atoms. The van der Waals surface area contributed by atoms with Gasteiger partial charge in [0.15, 0.2) is 0 Å². The van der Waals surface area contributed by atoms with Crippen molar-refractivity contribution >= 4 is 22.6 Å². The smallest absolute Gasteiger partial charge is 0.222 e. The summed E-state index contributed by atoms with van der Waals surface area (Å²) < 4.78 is 2.09. The molecule has 1 saturated heterocycles. The van der Waals surface area contributed by atoms with Gasteiger partial charge in [0, 0.05) is 30.8 Å². The summed E-state index contributed by atoms with van der Waals surface area (Å²) in [6.45, 7) is 3.64. The fourth-order valence-corrected chi connectivity index (χ4v) is 4.60. The average Bonchev–Trinajstić information content (AvgIpc) is 3.49. The largest absolute Gasteiger partial charge is 0.311 e. The lowest BCUT2D eigenvalue weighted by molar-refractivity contribution is -0.114. The van der Waals surface area contributed by atoms with E-state index in [-0.39, 0.29) is 5.91 Å². The van der Waals surface area contributed by atoms with Gasteiger partial charge in [0.05, 0.1) is 22.7 Å². The van der Waals surface area contributed by atoms with Crippen LogP contribution in [0.5, 0.6) is 0 Å². The molecule has 1 aliphatic carbocycles. The van der Waals surface area contributed by atoms with Crippen LogP contribution >= 0.6 is 0 Å². The summed E-state index contributed by atoms with van der Waals surface area (Å²) in [6, 6.07) is 10.3. The second-order valence-corrected chi connectivity index (χ2v) is 8.87. The summed E-state index contributed by atoms with van der Waals surface area (Å²) in [6.07, 6.45) is 7.99. The van der Waals surface area contributed by atoms with Gasteiger partial charge in [0.25, 0.3) is 0 Å². The van der Waals surface area contributed by atoms with Gasteiger partial charge >= 0.3 is 0 Å². The Hall–Kier alpha value is -3.24. The van der Waals surface area contributed by atoms with Gasteiger partial charge in [0.2, 0.25) is 5.91 Å². The molecule has 7 heteroatoms. The summed E-state index contributed by atoms with van der Waals surface area (Å²) in [5, 5.41) is 13.5. The monoisotopic (exact) mass is 414 g/mol. The molecule has 0 radical (unpaired) electrons. The number of aromatic nitrogens is 3. The maximum Gasteiger partial charge on any atom is 0.222 e. The number of hydrogen-bond donors (Lipinski definition) is 1. The molecule has 1 amide bonds. The minimum absolute atomic E-state index is 0.148. The minimum Gasteiger partial charge on any atom is -0.311 e. The fraction of sp³-hybridized carbons (Fsp3) is 0.417. The maximum absolute atomic E-state index is 11.6. The molecule has 1 aliphatic heterocycles. The van der Waals surface area contributed by atoms with Gasteiger partial charge in [-0.25, -0.2) is 9.97 Å². The number of fused-ring (bicyclic) bond motifs is 1. The number of amides is 1. The van der Waals surface area contributed by atoms with Crippen LogP contribution in [0.3, 0.4) is 0 Å². The van der Waals surface area contributed by atoms with Gasteiger partial charge < -0.3 is 14.8 Å². The molecule has 158 valence electrons. The molecule has 0 atom stereocenters. The van der Waals surface area contributed by atoms with E-state index in [9.17, 15) is 10.1 Å².